The van der Waals surface area contributed by atoms with Gasteiger partial charge >= 0.3 is 5.97 Å². The molecule has 8 nitrogen and oxygen atoms in total. The highest BCUT2D eigenvalue weighted by Crippen LogP contribution is 2.50. The summed E-state index contributed by atoms with van der Waals surface area (Å²) in [6, 6.07) is 5.61. The second kappa shape index (κ2) is 7.27. The fourth-order valence-electron chi connectivity index (χ4n) is 4.15. The van der Waals surface area contributed by atoms with Gasteiger partial charge in [0.2, 0.25) is 5.95 Å². The van der Waals surface area contributed by atoms with Gasteiger partial charge in [0, 0.05) is 61.7 Å². The number of rotatable bonds is 6. The molecule has 148 valence electrons. The Morgan fingerprint density at radius 1 is 1.43 bits per heavy atom. The Balaban J connectivity index is 1.58. The molecule has 4 rings (SSSR count). The number of ether oxygens (including phenoxy) is 2. The van der Waals surface area contributed by atoms with Gasteiger partial charge in [0.1, 0.15) is 23.5 Å². The van der Waals surface area contributed by atoms with Gasteiger partial charge in [-0.05, 0) is 13.0 Å². The first-order valence-electron chi connectivity index (χ1n) is 9.37. The Hall–Kier alpha value is -2.87. The lowest BCUT2D eigenvalue weighted by Crippen LogP contribution is -2.45. The minimum absolute atomic E-state index is 0.137. The van der Waals surface area contributed by atoms with Crippen LogP contribution in [0.5, 0.6) is 11.5 Å². The third-order valence-electron chi connectivity index (χ3n) is 5.57. The Kier molecular flexibility index (Phi) is 4.80. The highest BCUT2D eigenvalue weighted by molar-refractivity contribution is 5.78. The van der Waals surface area contributed by atoms with E-state index in [2.05, 4.69) is 20.2 Å². The number of fused-ring (bicyclic) bond motifs is 3. The standard InChI is InChI=1S/C20H24N4O4/c1-3-21-19-22-7-13(8-23-19)9-24-10-16-15-5-4-14(27-2)6-17(15)28-12-20(16,11-24)18(25)26/h4-8,16H,3,9-12H2,1-2H3,(H,25,26)(H,21,22,23)/t16-,20-/m1/s1. The molecule has 1 aromatic heterocycles. The Morgan fingerprint density at radius 3 is 2.89 bits per heavy atom. The van der Waals surface area contributed by atoms with E-state index in [9.17, 15) is 9.90 Å². The van der Waals surface area contributed by atoms with E-state index < -0.39 is 11.4 Å². The molecule has 1 saturated heterocycles. The lowest BCUT2D eigenvalue weighted by atomic mass is 9.73. The summed E-state index contributed by atoms with van der Waals surface area (Å²) in [6.45, 7) is 4.57. The van der Waals surface area contributed by atoms with Crippen LogP contribution in [0.3, 0.4) is 0 Å². The first-order valence-corrected chi connectivity index (χ1v) is 9.37. The summed E-state index contributed by atoms with van der Waals surface area (Å²) >= 11 is 0. The average molecular weight is 384 g/mol. The maximum absolute atomic E-state index is 12.2. The topological polar surface area (TPSA) is 96.8 Å². The van der Waals surface area contributed by atoms with Crippen LogP contribution in [0, 0.1) is 5.41 Å². The average Bonchev–Trinajstić information content (AvgIpc) is 3.09. The normalized spacial score (nSPS) is 23.4. The first-order chi connectivity index (χ1) is 13.6. The third-order valence-corrected chi connectivity index (χ3v) is 5.57. The predicted molar refractivity (Wildman–Crippen MR) is 103 cm³/mol. The molecule has 0 aliphatic carbocycles. The van der Waals surface area contributed by atoms with Crippen LogP contribution in [-0.2, 0) is 11.3 Å². The minimum atomic E-state index is -0.952. The van der Waals surface area contributed by atoms with Crippen molar-refractivity contribution in [3.05, 3.63) is 41.7 Å². The van der Waals surface area contributed by atoms with E-state index in [-0.39, 0.29) is 12.5 Å². The fourth-order valence-corrected chi connectivity index (χ4v) is 4.15. The largest absolute Gasteiger partial charge is 0.497 e. The summed E-state index contributed by atoms with van der Waals surface area (Å²) in [7, 11) is 1.60. The molecule has 2 N–H and O–H groups in total. The molecule has 3 heterocycles. The van der Waals surface area contributed by atoms with E-state index in [0.29, 0.717) is 37.1 Å². The smallest absolute Gasteiger partial charge is 0.315 e. The predicted octanol–water partition coefficient (Wildman–Crippen LogP) is 1.98. The van der Waals surface area contributed by atoms with Crippen molar-refractivity contribution < 1.29 is 19.4 Å². The maximum atomic E-state index is 12.2. The van der Waals surface area contributed by atoms with E-state index >= 15 is 0 Å². The number of aromatic nitrogens is 2. The maximum Gasteiger partial charge on any atom is 0.315 e. The SMILES string of the molecule is CCNc1ncc(CN2C[C@@H]3c4ccc(OC)cc4OC[C@]3(C(=O)O)C2)cn1. The van der Waals surface area contributed by atoms with Crippen molar-refractivity contribution in [3.8, 4) is 11.5 Å². The van der Waals surface area contributed by atoms with Crippen molar-refractivity contribution in [3.63, 3.8) is 0 Å². The molecule has 0 unspecified atom stereocenters. The van der Waals surface area contributed by atoms with Gasteiger partial charge in [-0.15, -0.1) is 0 Å². The van der Waals surface area contributed by atoms with Crippen molar-refractivity contribution in [1.29, 1.82) is 0 Å². The fraction of sp³-hybridized carbons (Fsp3) is 0.450. The van der Waals surface area contributed by atoms with E-state index in [0.717, 1.165) is 17.7 Å². The number of likely N-dealkylation sites (tertiary alicyclic amines) is 1. The van der Waals surface area contributed by atoms with E-state index in [1.54, 1.807) is 19.5 Å². The molecule has 0 spiro atoms. The molecule has 0 saturated carbocycles. The molecule has 2 aromatic rings. The van der Waals surface area contributed by atoms with E-state index in [4.69, 9.17) is 9.47 Å². The van der Waals surface area contributed by atoms with Gasteiger partial charge in [-0.25, -0.2) is 9.97 Å². The van der Waals surface area contributed by atoms with Crippen LogP contribution in [0.25, 0.3) is 0 Å². The van der Waals surface area contributed by atoms with Gasteiger partial charge in [0.05, 0.1) is 7.11 Å². The molecule has 2 aliphatic heterocycles. The minimum Gasteiger partial charge on any atom is -0.497 e. The van der Waals surface area contributed by atoms with Crippen LogP contribution in [0.2, 0.25) is 0 Å². The number of nitrogens with one attached hydrogen (secondary N) is 1. The quantitative estimate of drug-likeness (QED) is 0.780. The number of hydrogen-bond acceptors (Lipinski definition) is 7. The summed E-state index contributed by atoms with van der Waals surface area (Å²) < 4.78 is 11.1. The molecular weight excluding hydrogens is 360 g/mol. The number of benzene rings is 1. The molecule has 0 bridgehead atoms. The zero-order chi connectivity index (χ0) is 19.7. The van der Waals surface area contributed by atoms with Crippen LogP contribution in [0.4, 0.5) is 5.95 Å². The third kappa shape index (κ3) is 3.13. The molecule has 1 fully saturated rings. The first kappa shape index (κ1) is 18.5. The summed E-state index contributed by atoms with van der Waals surface area (Å²) in [6.07, 6.45) is 3.57. The number of carbonyl (C=O) groups is 1. The molecule has 0 amide bonds. The number of anilines is 1. The molecule has 8 heteroatoms. The Labute approximate surface area is 163 Å². The molecular formula is C20H24N4O4. The van der Waals surface area contributed by atoms with Crippen LogP contribution >= 0.6 is 0 Å². The summed E-state index contributed by atoms with van der Waals surface area (Å²) in [5, 5.41) is 13.1. The van der Waals surface area contributed by atoms with Gasteiger partial charge in [-0.1, -0.05) is 6.07 Å². The zero-order valence-electron chi connectivity index (χ0n) is 16.0. The van der Waals surface area contributed by atoms with Gasteiger partial charge < -0.3 is 19.9 Å². The number of carboxylic acids is 1. The van der Waals surface area contributed by atoms with Crippen molar-refractivity contribution >= 4 is 11.9 Å². The number of aliphatic carboxylic acids is 1. The van der Waals surface area contributed by atoms with Gasteiger partial charge in [-0.3, -0.25) is 9.69 Å². The van der Waals surface area contributed by atoms with Crippen molar-refractivity contribution in [2.45, 2.75) is 19.4 Å². The molecule has 28 heavy (non-hydrogen) atoms. The van der Waals surface area contributed by atoms with E-state index in [1.165, 1.54) is 0 Å². The zero-order valence-corrected chi connectivity index (χ0v) is 16.0. The Morgan fingerprint density at radius 2 is 2.21 bits per heavy atom. The van der Waals surface area contributed by atoms with Gasteiger partial charge in [-0.2, -0.15) is 0 Å². The van der Waals surface area contributed by atoms with Gasteiger partial charge in [0.25, 0.3) is 0 Å². The lowest BCUT2D eigenvalue weighted by Gasteiger charge is -2.36. The molecule has 1 aromatic carbocycles. The highest BCUT2D eigenvalue weighted by Gasteiger charge is 2.56. The Bertz CT molecular complexity index is 873. The van der Waals surface area contributed by atoms with Crippen molar-refractivity contribution in [1.82, 2.24) is 14.9 Å². The van der Waals surface area contributed by atoms with E-state index in [1.807, 2.05) is 25.1 Å². The molecule has 2 aliphatic rings. The second-order valence-corrected chi connectivity index (χ2v) is 7.32. The lowest BCUT2D eigenvalue weighted by molar-refractivity contribution is -0.151. The highest BCUT2D eigenvalue weighted by atomic mass is 16.5. The van der Waals surface area contributed by atoms with Crippen LogP contribution in [0.15, 0.2) is 30.6 Å². The van der Waals surface area contributed by atoms with Crippen molar-refractivity contribution in [2.24, 2.45) is 5.41 Å². The van der Waals surface area contributed by atoms with Crippen molar-refractivity contribution in [2.75, 3.05) is 38.7 Å². The monoisotopic (exact) mass is 384 g/mol. The van der Waals surface area contributed by atoms with Crippen LogP contribution in [0.1, 0.15) is 24.0 Å². The van der Waals surface area contributed by atoms with Crippen LogP contribution in [-0.4, -0.2) is 59.3 Å². The van der Waals surface area contributed by atoms with Gasteiger partial charge in [0.15, 0.2) is 0 Å². The summed E-state index contributed by atoms with van der Waals surface area (Å²) in [5.74, 6) is 1.05. The number of carboxylic acid groups (broad SMARTS) is 1. The number of hydrogen-bond donors (Lipinski definition) is 2. The second-order valence-electron chi connectivity index (χ2n) is 7.32. The molecule has 2 atom stereocenters. The number of nitrogens with zero attached hydrogens (tertiary/aromatic N) is 3. The number of methoxy groups -OCH3 is 1. The van der Waals surface area contributed by atoms with Crippen LogP contribution < -0.4 is 14.8 Å². The summed E-state index contributed by atoms with van der Waals surface area (Å²) in [4.78, 5) is 23.0. The molecule has 0 radical (unpaired) electrons. The summed E-state index contributed by atoms with van der Waals surface area (Å²) in [5.41, 5.74) is 0.930.